The predicted molar refractivity (Wildman–Crippen MR) is 86.3 cm³/mol. The third-order valence-corrected chi connectivity index (χ3v) is 4.95. The van der Waals surface area contributed by atoms with Crippen LogP contribution in [0, 0.1) is 0 Å². The van der Waals surface area contributed by atoms with E-state index in [1.54, 1.807) is 0 Å². The molecule has 116 valence electrons. The summed E-state index contributed by atoms with van der Waals surface area (Å²) in [4.78, 5) is 12.0. The molecule has 2 fully saturated rings. The summed E-state index contributed by atoms with van der Waals surface area (Å²) in [6.07, 6.45) is 7.83. The first kappa shape index (κ1) is 14.9. The molecule has 4 nitrogen and oxygen atoms in total. The molecule has 1 aromatic rings. The monoisotopic (exact) mass is 288 g/mol. The second kappa shape index (κ2) is 7.34. The number of rotatable bonds is 5. The SMILES string of the molecule is CN1CCN(CCCN2CCCC2c2cccnc2)CC1. The van der Waals surface area contributed by atoms with Crippen molar-refractivity contribution < 1.29 is 0 Å². The summed E-state index contributed by atoms with van der Waals surface area (Å²) in [6.45, 7) is 8.66. The van der Waals surface area contributed by atoms with Gasteiger partial charge in [-0.15, -0.1) is 0 Å². The van der Waals surface area contributed by atoms with Gasteiger partial charge in [0, 0.05) is 44.6 Å². The maximum absolute atomic E-state index is 4.28. The van der Waals surface area contributed by atoms with Crippen LogP contribution < -0.4 is 0 Å². The molecule has 0 radical (unpaired) electrons. The molecule has 0 N–H and O–H groups in total. The highest BCUT2D eigenvalue weighted by molar-refractivity contribution is 5.15. The number of hydrogen-bond acceptors (Lipinski definition) is 4. The molecule has 21 heavy (non-hydrogen) atoms. The Morgan fingerprint density at radius 3 is 2.76 bits per heavy atom. The minimum atomic E-state index is 0.603. The van der Waals surface area contributed by atoms with Crippen LogP contribution in [0.1, 0.15) is 30.9 Å². The van der Waals surface area contributed by atoms with Crippen molar-refractivity contribution in [2.24, 2.45) is 0 Å². The van der Waals surface area contributed by atoms with Crippen LogP contribution in [-0.4, -0.2) is 72.5 Å². The van der Waals surface area contributed by atoms with E-state index < -0.39 is 0 Å². The predicted octanol–water partition coefficient (Wildman–Crippen LogP) is 1.86. The molecule has 2 saturated heterocycles. The van der Waals surface area contributed by atoms with Crippen LogP contribution in [0.25, 0.3) is 0 Å². The van der Waals surface area contributed by atoms with Crippen LogP contribution in [-0.2, 0) is 0 Å². The molecule has 1 unspecified atom stereocenters. The molecule has 0 bridgehead atoms. The second-order valence-corrected chi connectivity index (χ2v) is 6.48. The van der Waals surface area contributed by atoms with Crippen molar-refractivity contribution in [3.63, 3.8) is 0 Å². The number of pyridine rings is 1. The van der Waals surface area contributed by atoms with E-state index in [0.717, 1.165) is 0 Å². The maximum Gasteiger partial charge on any atom is 0.0363 e. The van der Waals surface area contributed by atoms with Crippen molar-refractivity contribution in [1.82, 2.24) is 19.7 Å². The van der Waals surface area contributed by atoms with E-state index in [9.17, 15) is 0 Å². The largest absolute Gasteiger partial charge is 0.304 e. The Morgan fingerprint density at radius 2 is 2.00 bits per heavy atom. The maximum atomic E-state index is 4.28. The minimum Gasteiger partial charge on any atom is -0.304 e. The van der Waals surface area contributed by atoms with Crippen molar-refractivity contribution in [1.29, 1.82) is 0 Å². The summed E-state index contributed by atoms with van der Waals surface area (Å²) in [5.74, 6) is 0. The van der Waals surface area contributed by atoms with Crippen LogP contribution in [0.2, 0.25) is 0 Å². The average molecular weight is 288 g/mol. The number of piperazine rings is 1. The van der Waals surface area contributed by atoms with Gasteiger partial charge in [0.25, 0.3) is 0 Å². The van der Waals surface area contributed by atoms with Crippen molar-refractivity contribution in [3.8, 4) is 0 Å². The molecule has 0 saturated carbocycles. The van der Waals surface area contributed by atoms with E-state index in [1.165, 1.54) is 70.6 Å². The normalized spacial score (nSPS) is 25.5. The molecular weight excluding hydrogens is 260 g/mol. The highest BCUT2D eigenvalue weighted by atomic mass is 15.2. The fourth-order valence-corrected chi connectivity index (χ4v) is 3.61. The molecule has 0 aromatic carbocycles. The summed E-state index contributed by atoms with van der Waals surface area (Å²) >= 11 is 0. The van der Waals surface area contributed by atoms with E-state index >= 15 is 0 Å². The van der Waals surface area contributed by atoms with Crippen molar-refractivity contribution >= 4 is 0 Å². The fraction of sp³-hybridized carbons (Fsp3) is 0.706. The smallest absolute Gasteiger partial charge is 0.0363 e. The Balaban J connectivity index is 1.44. The summed E-state index contributed by atoms with van der Waals surface area (Å²) in [5, 5.41) is 0. The molecule has 0 spiro atoms. The van der Waals surface area contributed by atoms with Gasteiger partial charge >= 0.3 is 0 Å². The summed E-state index contributed by atoms with van der Waals surface area (Å²) < 4.78 is 0. The van der Waals surface area contributed by atoms with Crippen molar-refractivity contribution in [2.45, 2.75) is 25.3 Å². The van der Waals surface area contributed by atoms with Gasteiger partial charge in [-0.25, -0.2) is 0 Å². The number of hydrogen-bond donors (Lipinski definition) is 0. The number of likely N-dealkylation sites (tertiary alicyclic amines) is 1. The van der Waals surface area contributed by atoms with Gasteiger partial charge in [-0.2, -0.15) is 0 Å². The zero-order valence-corrected chi connectivity index (χ0v) is 13.2. The van der Waals surface area contributed by atoms with Crippen molar-refractivity contribution in [3.05, 3.63) is 30.1 Å². The molecule has 1 atom stereocenters. The van der Waals surface area contributed by atoms with Gasteiger partial charge in [-0.1, -0.05) is 6.07 Å². The van der Waals surface area contributed by atoms with Crippen molar-refractivity contribution in [2.75, 3.05) is 52.9 Å². The topological polar surface area (TPSA) is 22.6 Å². The molecule has 0 amide bonds. The average Bonchev–Trinajstić information content (AvgIpc) is 2.99. The summed E-state index contributed by atoms with van der Waals surface area (Å²) in [6, 6.07) is 4.90. The number of nitrogens with zero attached hydrogens (tertiary/aromatic N) is 4. The lowest BCUT2D eigenvalue weighted by Gasteiger charge is -2.33. The Kier molecular flexibility index (Phi) is 5.22. The van der Waals surface area contributed by atoms with Gasteiger partial charge in [-0.3, -0.25) is 9.88 Å². The Labute approximate surface area is 128 Å². The highest BCUT2D eigenvalue weighted by Gasteiger charge is 2.25. The molecule has 2 aliphatic heterocycles. The lowest BCUT2D eigenvalue weighted by molar-refractivity contribution is 0.144. The van der Waals surface area contributed by atoms with Crippen LogP contribution in [0.15, 0.2) is 24.5 Å². The van der Waals surface area contributed by atoms with Gasteiger partial charge in [0.2, 0.25) is 0 Å². The third kappa shape index (κ3) is 4.02. The van der Waals surface area contributed by atoms with Crippen LogP contribution in [0.4, 0.5) is 0 Å². The van der Waals surface area contributed by atoms with Gasteiger partial charge in [0.05, 0.1) is 0 Å². The lowest BCUT2D eigenvalue weighted by Crippen LogP contribution is -2.45. The summed E-state index contributed by atoms with van der Waals surface area (Å²) in [5.41, 5.74) is 1.40. The Hall–Kier alpha value is -0.970. The molecule has 1 aromatic heterocycles. The standard InChI is InChI=1S/C17H28N4/c1-19-11-13-20(14-12-19)8-4-10-21-9-3-6-17(21)16-5-2-7-18-15-16/h2,5,7,15,17H,3-4,6,8-14H2,1H3. The third-order valence-electron chi connectivity index (χ3n) is 4.95. The zero-order chi connectivity index (χ0) is 14.5. The first-order valence-corrected chi connectivity index (χ1v) is 8.38. The lowest BCUT2D eigenvalue weighted by atomic mass is 10.1. The first-order valence-electron chi connectivity index (χ1n) is 8.38. The van der Waals surface area contributed by atoms with Gasteiger partial charge in [0.1, 0.15) is 0 Å². The first-order chi connectivity index (χ1) is 10.3. The molecular formula is C17H28N4. The quantitative estimate of drug-likeness (QED) is 0.825. The van der Waals surface area contributed by atoms with E-state index in [4.69, 9.17) is 0 Å². The van der Waals surface area contributed by atoms with Gasteiger partial charge < -0.3 is 9.80 Å². The van der Waals surface area contributed by atoms with Crippen LogP contribution in [0.5, 0.6) is 0 Å². The van der Waals surface area contributed by atoms with Crippen LogP contribution in [0.3, 0.4) is 0 Å². The van der Waals surface area contributed by atoms with E-state index in [1.807, 2.05) is 12.4 Å². The Bertz CT molecular complexity index is 414. The molecule has 4 heteroatoms. The zero-order valence-electron chi connectivity index (χ0n) is 13.2. The molecule has 0 aliphatic carbocycles. The fourth-order valence-electron chi connectivity index (χ4n) is 3.61. The summed E-state index contributed by atoms with van der Waals surface area (Å²) in [7, 11) is 2.22. The number of aromatic nitrogens is 1. The van der Waals surface area contributed by atoms with Crippen LogP contribution >= 0.6 is 0 Å². The molecule has 3 heterocycles. The van der Waals surface area contributed by atoms with Gasteiger partial charge in [-0.05, 0) is 57.6 Å². The minimum absolute atomic E-state index is 0.603. The van der Waals surface area contributed by atoms with E-state index in [2.05, 4.69) is 38.9 Å². The van der Waals surface area contributed by atoms with E-state index in [-0.39, 0.29) is 0 Å². The van der Waals surface area contributed by atoms with Gasteiger partial charge in [0.15, 0.2) is 0 Å². The molecule has 3 rings (SSSR count). The highest BCUT2D eigenvalue weighted by Crippen LogP contribution is 2.31. The molecule has 2 aliphatic rings. The second-order valence-electron chi connectivity index (χ2n) is 6.48. The Morgan fingerprint density at radius 1 is 1.14 bits per heavy atom. The number of likely N-dealkylation sites (N-methyl/N-ethyl adjacent to an activating group) is 1. The van der Waals surface area contributed by atoms with E-state index in [0.29, 0.717) is 6.04 Å².